The highest BCUT2D eigenvalue weighted by atomic mass is 16.6. The Bertz CT molecular complexity index is 303. The van der Waals surface area contributed by atoms with Gasteiger partial charge < -0.3 is 4.74 Å². The van der Waals surface area contributed by atoms with Gasteiger partial charge in [0.05, 0.1) is 12.5 Å². The van der Waals surface area contributed by atoms with Crippen molar-refractivity contribution in [1.82, 2.24) is 0 Å². The molecule has 1 aliphatic carbocycles. The molecule has 0 aromatic rings. The number of carbonyl (C=O) groups is 1. The number of ether oxygens (including phenoxy) is 1. The molecule has 0 bridgehead atoms. The summed E-state index contributed by atoms with van der Waals surface area (Å²) in [6, 6.07) is -0.664. The summed E-state index contributed by atoms with van der Waals surface area (Å²) in [6.07, 6.45) is 0.324. The van der Waals surface area contributed by atoms with Gasteiger partial charge >= 0.3 is 0 Å². The average molecular weight is 243 g/mol. The molecule has 0 unspecified atom stereocenters. The topological polar surface area (TPSA) is 69.4 Å². The van der Waals surface area contributed by atoms with Crippen LogP contribution in [-0.4, -0.2) is 30.5 Å². The van der Waals surface area contributed by atoms with E-state index < -0.39 is 6.04 Å². The third kappa shape index (κ3) is 2.83. The van der Waals surface area contributed by atoms with Crippen molar-refractivity contribution < 1.29 is 14.5 Å². The highest BCUT2D eigenvalue weighted by molar-refractivity contribution is 5.82. The maximum Gasteiger partial charge on any atom is 0.222 e. The van der Waals surface area contributed by atoms with Crippen LogP contribution in [0.3, 0.4) is 0 Å². The average Bonchev–Trinajstić information content (AvgIpc) is 2.23. The molecular weight excluding hydrogens is 222 g/mol. The lowest BCUT2D eigenvalue weighted by Gasteiger charge is -2.37. The SMILES string of the molecule is COC[C@@H]1[C@H]([N+](=O)[O-])[C@@H](C(C)C)CC(=O)[C@@H]1C. The van der Waals surface area contributed by atoms with Crippen LogP contribution < -0.4 is 0 Å². The number of methoxy groups -OCH3 is 1. The summed E-state index contributed by atoms with van der Waals surface area (Å²) >= 11 is 0. The van der Waals surface area contributed by atoms with E-state index in [0.29, 0.717) is 6.42 Å². The number of nitro groups is 1. The zero-order chi connectivity index (χ0) is 13.2. The minimum atomic E-state index is -0.664. The molecule has 0 aromatic heterocycles. The fraction of sp³-hybridized carbons (Fsp3) is 0.917. The number of ketones is 1. The molecule has 0 saturated heterocycles. The second-order valence-electron chi connectivity index (χ2n) is 5.26. The summed E-state index contributed by atoms with van der Waals surface area (Å²) in [6.45, 7) is 5.93. The van der Waals surface area contributed by atoms with Crippen LogP contribution in [0, 0.1) is 33.8 Å². The van der Waals surface area contributed by atoms with Gasteiger partial charge in [-0.1, -0.05) is 20.8 Å². The first-order valence-electron chi connectivity index (χ1n) is 6.05. The molecule has 4 atom stereocenters. The molecule has 0 aliphatic heterocycles. The highest BCUT2D eigenvalue weighted by Crippen LogP contribution is 2.37. The van der Waals surface area contributed by atoms with Crippen LogP contribution in [0.4, 0.5) is 0 Å². The minimum Gasteiger partial charge on any atom is -0.384 e. The van der Waals surface area contributed by atoms with Crippen molar-refractivity contribution in [2.45, 2.75) is 33.2 Å². The van der Waals surface area contributed by atoms with E-state index in [1.165, 1.54) is 7.11 Å². The smallest absolute Gasteiger partial charge is 0.222 e. The van der Waals surface area contributed by atoms with Crippen LogP contribution in [0.5, 0.6) is 0 Å². The van der Waals surface area contributed by atoms with E-state index in [1.54, 1.807) is 6.92 Å². The Morgan fingerprint density at radius 1 is 1.53 bits per heavy atom. The Labute approximate surface area is 102 Å². The third-order valence-corrected chi connectivity index (χ3v) is 3.92. The quantitative estimate of drug-likeness (QED) is 0.557. The number of hydrogen-bond acceptors (Lipinski definition) is 4. The number of nitrogens with zero attached hydrogens (tertiary/aromatic N) is 1. The lowest BCUT2D eigenvalue weighted by atomic mass is 9.67. The van der Waals surface area contributed by atoms with Crippen molar-refractivity contribution in [3.63, 3.8) is 0 Å². The molecule has 0 spiro atoms. The lowest BCUT2D eigenvalue weighted by Crippen LogP contribution is -2.50. The number of hydrogen-bond donors (Lipinski definition) is 0. The molecule has 0 N–H and O–H groups in total. The molecule has 1 aliphatic rings. The number of carbonyl (C=O) groups excluding carboxylic acids is 1. The van der Waals surface area contributed by atoms with Gasteiger partial charge in [-0.2, -0.15) is 0 Å². The van der Waals surface area contributed by atoms with E-state index in [1.807, 2.05) is 13.8 Å². The van der Waals surface area contributed by atoms with Gasteiger partial charge in [0.2, 0.25) is 6.04 Å². The Morgan fingerprint density at radius 2 is 2.12 bits per heavy atom. The van der Waals surface area contributed by atoms with Gasteiger partial charge in [0.25, 0.3) is 0 Å². The molecule has 5 nitrogen and oxygen atoms in total. The second kappa shape index (κ2) is 5.58. The summed E-state index contributed by atoms with van der Waals surface area (Å²) in [4.78, 5) is 22.9. The number of Topliss-reactive ketones (excluding diaryl/α,β-unsaturated/α-hetero) is 1. The van der Waals surface area contributed by atoms with Crippen molar-refractivity contribution in [2.24, 2.45) is 23.7 Å². The summed E-state index contributed by atoms with van der Waals surface area (Å²) < 4.78 is 5.05. The van der Waals surface area contributed by atoms with E-state index in [4.69, 9.17) is 4.74 Å². The highest BCUT2D eigenvalue weighted by Gasteiger charge is 2.49. The van der Waals surface area contributed by atoms with Crippen molar-refractivity contribution in [3.8, 4) is 0 Å². The molecule has 1 rings (SSSR count). The predicted molar refractivity (Wildman–Crippen MR) is 63.3 cm³/mol. The monoisotopic (exact) mass is 243 g/mol. The van der Waals surface area contributed by atoms with Crippen molar-refractivity contribution >= 4 is 5.78 Å². The van der Waals surface area contributed by atoms with E-state index in [2.05, 4.69) is 0 Å². The first-order valence-corrected chi connectivity index (χ1v) is 6.05. The third-order valence-electron chi connectivity index (χ3n) is 3.92. The van der Waals surface area contributed by atoms with Gasteiger partial charge in [0.1, 0.15) is 5.78 Å². The molecule has 0 amide bonds. The predicted octanol–water partition coefficient (Wildman–Crippen LogP) is 1.78. The molecular formula is C12H21NO4. The van der Waals surface area contributed by atoms with Crippen LogP contribution in [0.25, 0.3) is 0 Å². The molecule has 0 aromatic carbocycles. The molecule has 0 radical (unpaired) electrons. The Hall–Kier alpha value is -0.970. The summed E-state index contributed by atoms with van der Waals surface area (Å²) in [5, 5.41) is 11.2. The molecule has 0 heterocycles. The van der Waals surface area contributed by atoms with E-state index in [0.717, 1.165) is 0 Å². The summed E-state index contributed by atoms with van der Waals surface area (Å²) in [7, 11) is 1.52. The molecule has 1 fully saturated rings. The van der Waals surface area contributed by atoms with Gasteiger partial charge in [-0.25, -0.2) is 0 Å². The zero-order valence-electron chi connectivity index (χ0n) is 10.9. The molecule has 5 heteroatoms. The van der Waals surface area contributed by atoms with E-state index >= 15 is 0 Å². The summed E-state index contributed by atoms with van der Waals surface area (Å²) in [5.41, 5.74) is 0. The maximum atomic E-state index is 11.9. The fourth-order valence-corrected chi connectivity index (χ4v) is 2.77. The fourth-order valence-electron chi connectivity index (χ4n) is 2.77. The standard InChI is InChI=1S/C12H21NO4/c1-7(2)9-5-11(14)8(3)10(6-17-4)12(9)13(15)16/h7-10,12H,5-6H2,1-4H3/t8-,9-,10+,12-/m1/s1. The van der Waals surface area contributed by atoms with Crippen molar-refractivity contribution in [2.75, 3.05) is 13.7 Å². The van der Waals surface area contributed by atoms with Crippen LogP contribution >= 0.6 is 0 Å². The van der Waals surface area contributed by atoms with Crippen LogP contribution in [0.2, 0.25) is 0 Å². The normalized spacial score (nSPS) is 34.1. The Balaban J connectivity index is 3.02. The van der Waals surface area contributed by atoms with Gasteiger partial charge in [-0.15, -0.1) is 0 Å². The minimum absolute atomic E-state index is 0.129. The molecule has 98 valence electrons. The van der Waals surface area contributed by atoms with Crippen LogP contribution in [0.1, 0.15) is 27.2 Å². The largest absolute Gasteiger partial charge is 0.384 e. The first-order chi connectivity index (χ1) is 7.90. The van der Waals surface area contributed by atoms with Gasteiger partial charge in [0.15, 0.2) is 0 Å². The molecule has 17 heavy (non-hydrogen) atoms. The van der Waals surface area contributed by atoms with Gasteiger partial charge in [0, 0.05) is 30.3 Å². The zero-order valence-corrected chi connectivity index (χ0v) is 10.9. The first kappa shape index (κ1) is 14.1. The van der Waals surface area contributed by atoms with Gasteiger partial charge in [-0.3, -0.25) is 14.9 Å². The Morgan fingerprint density at radius 3 is 2.53 bits per heavy atom. The van der Waals surface area contributed by atoms with Crippen LogP contribution in [-0.2, 0) is 9.53 Å². The van der Waals surface area contributed by atoms with E-state index in [-0.39, 0.29) is 41.0 Å². The summed E-state index contributed by atoms with van der Waals surface area (Å²) in [5.74, 6) is -0.483. The van der Waals surface area contributed by atoms with Crippen molar-refractivity contribution in [1.29, 1.82) is 0 Å². The van der Waals surface area contributed by atoms with Gasteiger partial charge in [-0.05, 0) is 5.92 Å². The second-order valence-corrected chi connectivity index (χ2v) is 5.26. The maximum absolute atomic E-state index is 11.9. The van der Waals surface area contributed by atoms with Crippen LogP contribution in [0.15, 0.2) is 0 Å². The Kier molecular flexibility index (Phi) is 4.62. The van der Waals surface area contributed by atoms with Crippen molar-refractivity contribution in [3.05, 3.63) is 10.1 Å². The molecule has 1 saturated carbocycles. The lowest BCUT2D eigenvalue weighted by molar-refractivity contribution is -0.547. The number of rotatable bonds is 4. The van der Waals surface area contributed by atoms with E-state index in [9.17, 15) is 14.9 Å².